The second-order valence-electron chi connectivity index (χ2n) is 8.69. The van der Waals surface area contributed by atoms with Crippen LogP contribution >= 0.6 is 0 Å². The quantitative estimate of drug-likeness (QED) is 0.747. The Balaban J connectivity index is 1.57. The summed E-state index contributed by atoms with van der Waals surface area (Å²) >= 11 is 0. The lowest BCUT2D eigenvalue weighted by atomic mass is 9.99. The van der Waals surface area contributed by atoms with Gasteiger partial charge in [0, 0.05) is 44.2 Å². The molecule has 2 saturated heterocycles. The van der Waals surface area contributed by atoms with Crippen molar-refractivity contribution in [3.63, 3.8) is 0 Å². The SMILES string of the molecule is CC(C)C1CNCCCN1Cc1cccc2c1C(=O)N(C1CCC(=O)NC1=O)C2. The van der Waals surface area contributed by atoms with Crippen LogP contribution in [0.25, 0.3) is 0 Å². The molecule has 7 nitrogen and oxygen atoms in total. The first-order valence-corrected chi connectivity index (χ1v) is 10.7. The predicted molar refractivity (Wildman–Crippen MR) is 109 cm³/mol. The summed E-state index contributed by atoms with van der Waals surface area (Å²) in [6, 6.07) is 5.89. The van der Waals surface area contributed by atoms with Crippen LogP contribution in [0.2, 0.25) is 0 Å². The second kappa shape index (κ2) is 8.24. The zero-order chi connectivity index (χ0) is 20.5. The summed E-state index contributed by atoms with van der Waals surface area (Å²) in [5.74, 6) is -0.180. The molecule has 0 aromatic heterocycles. The summed E-state index contributed by atoms with van der Waals surface area (Å²) < 4.78 is 0. The van der Waals surface area contributed by atoms with Crippen molar-refractivity contribution in [3.8, 4) is 0 Å². The fourth-order valence-electron chi connectivity index (χ4n) is 4.85. The highest BCUT2D eigenvalue weighted by Gasteiger charge is 2.40. The molecule has 0 saturated carbocycles. The third kappa shape index (κ3) is 3.94. The zero-order valence-electron chi connectivity index (χ0n) is 17.2. The molecule has 0 spiro atoms. The highest BCUT2D eigenvalue weighted by atomic mass is 16.2. The van der Waals surface area contributed by atoms with E-state index < -0.39 is 6.04 Å². The minimum atomic E-state index is -0.564. The smallest absolute Gasteiger partial charge is 0.255 e. The lowest BCUT2D eigenvalue weighted by molar-refractivity contribution is -0.136. The molecule has 0 radical (unpaired) electrons. The maximum Gasteiger partial charge on any atom is 0.255 e. The molecule has 156 valence electrons. The van der Waals surface area contributed by atoms with E-state index in [1.165, 1.54) is 0 Å². The second-order valence-corrected chi connectivity index (χ2v) is 8.69. The summed E-state index contributed by atoms with van der Waals surface area (Å²) in [6.07, 6.45) is 1.77. The van der Waals surface area contributed by atoms with Gasteiger partial charge in [-0.15, -0.1) is 0 Å². The van der Waals surface area contributed by atoms with Crippen molar-refractivity contribution in [1.82, 2.24) is 20.4 Å². The van der Waals surface area contributed by atoms with E-state index >= 15 is 0 Å². The van der Waals surface area contributed by atoms with E-state index in [0.717, 1.165) is 49.3 Å². The average Bonchev–Trinajstić information content (AvgIpc) is 2.86. The molecule has 0 aliphatic carbocycles. The Morgan fingerprint density at radius 3 is 2.79 bits per heavy atom. The first-order chi connectivity index (χ1) is 14.0. The van der Waals surface area contributed by atoms with Crippen LogP contribution in [0.3, 0.4) is 0 Å². The summed E-state index contributed by atoms with van der Waals surface area (Å²) in [6.45, 7) is 8.65. The molecule has 2 unspecified atom stereocenters. The molecule has 0 bridgehead atoms. The van der Waals surface area contributed by atoms with Gasteiger partial charge in [-0.25, -0.2) is 0 Å². The van der Waals surface area contributed by atoms with Gasteiger partial charge in [0.15, 0.2) is 0 Å². The zero-order valence-corrected chi connectivity index (χ0v) is 17.2. The van der Waals surface area contributed by atoms with Gasteiger partial charge in [0.25, 0.3) is 5.91 Å². The summed E-state index contributed by atoms with van der Waals surface area (Å²) in [4.78, 5) is 41.2. The first kappa shape index (κ1) is 20.0. The Kier molecular flexibility index (Phi) is 5.69. The molecule has 7 heteroatoms. The topological polar surface area (TPSA) is 81.8 Å². The van der Waals surface area contributed by atoms with E-state index in [-0.39, 0.29) is 24.1 Å². The molecule has 3 aliphatic rings. The molecule has 2 fully saturated rings. The highest BCUT2D eigenvalue weighted by Crippen LogP contribution is 2.31. The number of carbonyl (C=O) groups is 3. The number of amides is 3. The van der Waals surface area contributed by atoms with E-state index in [9.17, 15) is 14.4 Å². The Bertz CT molecular complexity index is 822. The van der Waals surface area contributed by atoms with Crippen LogP contribution in [0.4, 0.5) is 0 Å². The molecule has 2 atom stereocenters. The van der Waals surface area contributed by atoms with Crippen molar-refractivity contribution in [1.29, 1.82) is 0 Å². The van der Waals surface area contributed by atoms with E-state index in [1.807, 2.05) is 18.2 Å². The standard InChI is InChI=1S/C22H30N4O3/c1-14(2)18-11-23-9-4-10-25(18)12-15-5-3-6-16-13-26(22(29)20(15)16)17-7-8-19(27)24-21(17)28/h3,5-6,14,17-18,23H,4,7-13H2,1-2H3,(H,24,27,28). The predicted octanol–water partition coefficient (Wildman–Crippen LogP) is 1.27. The number of piperidine rings is 1. The van der Waals surface area contributed by atoms with E-state index in [1.54, 1.807) is 4.90 Å². The van der Waals surface area contributed by atoms with Crippen molar-refractivity contribution in [2.45, 2.75) is 58.3 Å². The van der Waals surface area contributed by atoms with Crippen LogP contribution in [0.5, 0.6) is 0 Å². The Morgan fingerprint density at radius 2 is 2.03 bits per heavy atom. The molecule has 1 aromatic rings. The number of hydrogen-bond acceptors (Lipinski definition) is 5. The van der Waals surface area contributed by atoms with Crippen LogP contribution < -0.4 is 10.6 Å². The van der Waals surface area contributed by atoms with Gasteiger partial charge in [0.05, 0.1) is 0 Å². The van der Waals surface area contributed by atoms with Crippen molar-refractivity contribution >= 4 is 17.7 Å². The minimum absolute atomic E-state index is 0.0841. The van der Waals surface area contributed by atoms with E-state index in [0.29, 0.717) is 24.9 Å². The van der Waals surface area contributed by atoms with Gasteiger partial charge >= 0.3 is 0 Å². The van der Waals surface area contributed by atoms with Crippen molar-refractivity contribution < 1.29 is 14.4 Å². The molecule has 4 rings (SSSR count). The van der Waals surface area contributed by atoms with Crippen molar-refractivity contribution in [3.05, 3.63) is 34.9 Å². The Labute approximate surface area is 171 Å². The number of rotatable bonds is 4. The third-order valence-corrected chi connectivity index (χ3v) is 6.40. The normalized spacial score (nSPS) is 25.9. The molecule has 1 aromatic carbocycles. The third-order valence-electron chi connectivity index (χ3n) is 6.40. The molecular formula is C22H30N4O3. The summed E-state index contributed by atoms with van der Waals surface area (Å²) in [5, 5.41) is 5.90. The maximum atomic E-state index is 13.3. The fraction of sp³-hybridized carbons (Fsp3) is 0.591. The minimum Gasteiger partial charge on any atom is -0.322 e. The van der Waals surface area contributed by atoms with Crippen LogP contribution in [0.1, 0.15) is 54.6 Å². The van der Waals surface area contributed by atoms with Crippen LogP contribution in [0.15, 0.2) is 18.2 Å². The molecule has 3 aliphatic heterocycles. The van der Waals surface area contributed by atoms with E-state index in [2.05, 4.69) is 29.4 Å². The molecule has 29 heavy (non-hydrogen) atoms. The number of hydrogen-bond donors (Lipinski definition) is 2. The van der Waals surface area contributed by atoms with Gasteiger partial charge in [-0.3, -0.25) is 24.6 Å². The number of nitrogens with zero attached hydrogens (tertiary/aromatic N) is 2. The maximum absolute atomic E-state index is 13.3. The van der Waals surface area contributed by atoms with E-state index in [4.69, 9.17) is 0 Å². The number of nitrogens with one attached hydrogen (secondary N) is 2. The lowest BCUT2D eigenvalue weighted by Gasteiger charge is -2.33. The van der Waals surface area contributed by atoms with Crippen LogP contribution in [-0.4, -0.2) is 59.2 Å². The number of fused-ring (bicyclic) bond motifs is 1. The molecular weight excluding hydrogens is 368 g/mol. The van der Waals surface area contributed by atoms with Gasteiger partial charge in [-0.2, -0.15) is 0 Å². The Hall–Kier alpha value is -2.25. The molecule has 3 amide bonds. The van der Waals surface area contributed by atoms with Crippen molar-refractivity contribution in [2.24, 2.45) is 5.92 Å². The number of benzene rings is 1. The summed E-state index contributed by atoms with van der Waals surface area (Å²) in [7, 11) is 0. The van der Waals surface area contributed by atoms with Crippen LogP contribution in [-0.2, 0) is 22.7 Å². The van der Waals surface area contributed by atoms with Gasteiger partial charge < -0.3 is 10.2 Å². The summed E-state index contributed by atoms with van der Waals surface area (Å²) in [5.41, 5.74) is 2.76. The van der Waals surface area contributed by atoms with Gasteiger partial charge in [-0.1, -0.05) is 32.0 Å². The highest BCUT2D eigenvalue weighted by molar-refractivity contribution is 6.05. The van der Waals surface area contributed by atoms with Gasteiger partial charge in [0.1, 0.15) is 6.04 Å². The van der Waals surface area contributed by atoms with Crippen molar-refractivity contribution in [2.75, 3.05) is 19.6 Å². The van der Waals surface area contributed by atoms with Gasteiger partial charge in [-0.05, 0) is 36.4 Å². The fourth-order valence-corrected chi connectivity index (χ4v) is 4.85. The van der Waals surface area contributed by atoms with Gasteiger partial charge in [0.2, 0.25) is 11.8 Å². The largest absolute Gasteiger partial charge is 0.322 e. The first-order valence-electron chi connectivity index (χ1n) is 10.7. The molecule has 2 N–H and O–H groups in total. The number of carbonyl (C=O) groups excluding carboxylic acids is 3. The lowest BCUT2D eigenvalue weighted by Crippen LogP contribution is -2.52. The average molecular weight is 399 g/mol. The number of imide groups is 1. The Morgan fingerprint density at radius 1 is 1.21 bits per heavy atom. The molecule has 3 heterocycles. The monoisotopic (exact) mass is 398 g/mol. The van der Waals surface area contributed by atoms with Crippen LogP contribution in [0, 0.1) is 5.92 Å².